The molecule has 0 saturated heterocycles. The summed E-state index contributed by atoms with van der Waals surface area (Å²) in [5, 5.41) is 13.8. The van der Waals surface area contributed by atoms with Crippen LogP contribution in [0.15, 0.2) is 24.3 Å². The summed E-state index contributed by atoms with van der Waals surface area (Å²) in [5.74, 6) is 0.785. The average Bonchev–Trinajstić information content (AvgIpc) is 3.34. The lowest BCUT2D eigenvalue weighted by molar-refractivity contribution is 0.0937. The van der Waals surface area contributed by atoms with Crippen LogP contribution in [0.4, 0.5) is 0 Å². The Morgan fingerprint density at radius 3 is 3.00 bits per heavy atom. The molecule has 2 aromatic rings. The van der Waals surface area contributed by atoms with Crippen molar-refractivity contribution in [1.29, 1.82) is 0 Å². The lowest BCUT2D eigenvalue weighted by atomic mass is 9.78. The topological polar surface area (TPSA) is 79.0 Å². The number of carbonyl (C=O) groups is 1. The number of aromatic amines is 1. The summed E-state index contributed by atoms with van der Waals surface area (Å²) in [7, 11) is 1.69. The second-order valence-corrected chi connectivity index (χ2v) is 7.36. The lowest BCUT2D eigenvalue weighted by Gasteiger charge is -2.30. The molecule has 1 amide bonds. The van der Waals surface area contributed by atoms with Crippen LogP contribution < -0.4 is 15.4 Å². The van der Waals surface area contributed by atoms with Crippen molar-refractivity contribution < 1.29 is 9.53 Å². The molecule has 1 aromatic carbocycles. The molecule has 2 aliphatic rings. The van der Waals surface area contributed by atoms with E-state index >= 15 is 0 Å². The highest BCUT2D eigenvalue weighted by Gasteiger charge is 2.36. The van der Waals surface area contributed by atoms with Gasteiger partial charge in [-0.3, -0.25) is 9.89 Å². The quantitative estimate of drug-likeness (QED) is 0.770. The van der Waals surface area contributed by atoms with Crippen molar-refractivity contribution in [3.8, 4) is 5.75 Å². The molecular formula is C20H26N4O2. The van der Waals surface area contributed by atoms with Gasteiger partial charge in [0.15, 0.2) is 5.69 Å². The van der Waals surface area contributed by atoms with Gasteiger partial charge in [0.25, 0.3) is 5.91 Å². The van der Waals surface area contributed by atoms with E-state index in [2.05, 4.69) is 33.0 Å². The number of fused-ring (bicyclic) bond motifs is 1. The molecule has 1 saturated carbocycles. The SMILES string of the molecule is COc1cccc(C2(CNC(=O)c3n[nH]c4c3CNCC4)CCCC2)c1. The van der Waals surface area contributed by atoms with Gasteiger partial charge in [-0.2, -0.15) is 5.10 Å². The van der Waals surface area contributed by atoms with E-state index in [0.717, 1.165) is 42.8 Å². The van der Waals surface area contributed by atoms with Crippen LogP contribution in [0.1, 0.15) is 53.0 Å². The minimum Gasteiger partial charge on any atom is -0.497 e. The second-order valence-electron chi connectivity index (χ2n) is 7.36. The first-order valence-electron chi connectivity index (χ1n) is 9.41. The van der Waals surface area contributed by atoms with E-state index in [9.17, 15) is 4.79 Å². The molecule has 1 aliphatic carbocycles. The number of hydrogen-bond acceptors (Lipinski definition) is 4. The molecule has 1 fully saturated rings. The van der Waals surface area contributed by atoms with Crippen LogP contribution in [0.5, 0.6) is 5.75 Å². The van der Waals surface area contributed by atoms with Gasteiger partial charge in [0.2, 0.25) is 0 Å². The zero-order valence-corrected chi connectivity index (χ0v) is 15.2. The molecule has 0 bridgehead atoms. The van der Waals surface area contributed by atoms with Gasteiger partial charge in [0.05, 0.1) is 7.11 Å². The third kappa shape index (κ3) is 3.09. The maximum absolute atomic E-state index is 12.8. The Bertz CT molecular complexity index is 793. The Hall–Kier alpha value is -2.34. The number of amides is 1. The van der Waals surface area contributed by atoms with E-state index in [0.29, 0.717) is 18.8 Å². The zero-order valence-electron chi connectivity index (χ0n) is 15.2. The molecule has 0 spiro atoms. The van der Waals surface area contributed by atoms with Crippen LogP contribution in [0, 0.1) is 0 Å². The molecular weight excluding hydrogens is 328 g/mol. The Morgan fingerprint density at radius 1 is 1.35 bits per heavy atom. The van der Waals surface area contributed by atoms with E-state index in [-0.39, 0.29) is 11.3 Å². The Kier molecular flexibility index (Phi) is 4.68. The fraction of sp³-hybridized carbons (Fsp3) is 0.500. The standard InChI is InChI=1S/C20H26N4O2/c1-26-15-6-4-5-14(11-15)20(8-2-3-9-20)13-22-19(25)18-16-12-21-10-7-17(16)23-24-18/h4-6,11,21H,2-3,7-10,12-13H2,1H3,(H,22,25)(H,23,24). The van der Waals surface area contributed by atoms with E-state index in [1.807, 2.05) is 12.1 Å². The number of nitrogens with one attached hydrogen (secondary N) is 3. The molecule has 0 atom stereocenters. The number of H-pyrrole nitrogens is 1. The van der Waals surface area contributed by atoms with Crippen molar-refractivity contribution in [2.45, 2.75) is 44.1 Å². The first-order chi connectivity index (χ1) is 12.7. The van der Waals surface area contributed by atoms with Gasteiger partial charge >= 0.3 is 0 Å². The number of rotatable bonds is 5. The molecule has 4 rings (SSSR count). The number of methoxy groups -OCH3 is 1. The first kappa shape index (κ1) is 17.1. The highest BCUT2D eigenvalue weighted by atomic mass is 16.5. The molecule has 0 radical (unpaired) electrons. The highest BCUT2D eigenvalue weighted by molar-refractivity contribution is 5.94. The third-order valence-electron chi connectivity index (χ3n) is 5.85. The van der Waals surface area contributed by atoms with Crippen LogP contribution in [0.25, 0.3) is 0 Å². The van der Waals surface area contributed by atoms with Crippen LogP contribution in [0.3, 0.4) is 0 Å². The van der Waals surface area contributed by atoms with Gasteiger partial charge in [-0.25, -0.2) is 0 Å². The summed E-state index contributed by atoms with van der Waals surface area (Å²) < 4.78 is 5.40. The van der Waals surface area contributed by atoms with Gasteiger partial charge < -0.3 is 15.4 Å². The molecule has 3 N–H and O–H groups in total. The van der Waals surface area contributed by atoms with Gasteiger partial charge in [-0.15, -0.1) is 0 Å². The fourth-order valence-electron chi connectivity index (χ4n) is 4.32. The largest absolute Gasteiger partial charge is 0.497 e. The molecule has 6 nitrogen and oxygen atoms in total. The monoisotopic (exact) mass is 354 g/mol. The fourth-order valence-corrected chi connectivity index (χ4v) is 4.32. The maximum atomic E-state index is 12.8. The van der Waals surface area contributed by atoms with E-state index in [1.165, 1.54) is 18.4 Å². The van der Waals surface area contributed by atoms with Gasteiger partial charge in [-0.1, -0.05) is 25.0 Å². The molecule has 138 valence electrons. The summed E-state index contributed by atoms with van der Waals surface area (Å²) >= 11 is 0. The smallest absolute Gasteiger partial charge is 0.272 e. The van der Waals surface area contributed by atoms with Crippen molar-refractivity contribution in [2.75, 3.05) is 20.2 Å². The molecule has 6 heteroatoms. The molecule has 0 unspecified atom stereocenters. The Labute approximate surface area is 153 Å². The summed E-state index contributed by atoms with van der Waals surface area (Å²) in [4.78, 5) is 12.8. The first-order valence-corrected chi connectivity index (χ1v) is 9.41. The number of aromatic nitrogens is 2. The van der Waals surface area contributed by atoms with Crippen molar-refractivity contribution >= 4 is 5.91 Å². The van der Waals surface area contributed by atoms with Gasteiger partial charge in [0.1, 0.15) is 5.75 Å². The van der Waals surface area contributed by atoms with E-state index < -0.39 is 0 Å². The molecule has 26 heavy (non-hydrogen) atoms. The summed E-state index contributed by atoms with van der Waals surface area (Å²) in [6.45, 7) is 2.26. The van der Waals surface area contributed by atoms with E-state index in [4.69, 9.17) is 4.74 Å². The number of ether oxygens (including phenoxy) is 1. The number of nitrogens with zero attached hydrogens (tertiary/aromatic N) is 1. The normalized spacial score (nSPS) is 18.3. The minimum atomic E-state index is -0.0830. The summed E-state index contributed by atoms with van der Waals surface area (Å²) in [6, 6.07) is 8.26. The number of hydrogen-bond donors (Lipinski definition) is 3. The lowest BCUT2D eigenvalue weighted by Crippen LogP contribution is -2.39. The van der Waals surface area contributed by atoms with Crippen LogP contribution in [-0.4, -0.2) is 36.3 Å². The zero-order chi connectivity index (χ0) is 18.0. The predicted octanol–water partition coefficient (Wildman–Crippen LogP) is 2.31. The van der Waals surface area contributed by atoms with E-state index in [1.54, 1.807) is 7.11 Å². The van der Waals surface area contributed by atoms with Gasteiger partial charge in [-0.05, 0) is 30.5 Å². The number of benzene rings is 1. The van der Waals surface area contributed by atoms with Crippen molar-refractivity contribution in [2.24, 2.45) is 0 Å². The number of carbonyl (C=O) groups excluding carboxylic acids is 1. The minimum absolute atomic E-state index is 0.0151. The summed E-state index contributed by atoms with van der Waals surface area (Å²) in [6.07, 6.45) is 5.44. The third-order valence-corrected chi connectivity index (χ3v) is 5.85. The van der Waals surface area contributed by atoms with Crippen LogP contribution in [-0.2, 0) is 18.4 Å². The highest BCUT2D eigenvalue weighted by Crippen LogP contribution is 2.41. The van der Waals surface area contributed by atoms with Crippen molar-refractivity contribution in [3.63, 3.8) is 0 Å². The van der Waals surface area contributed by atoms with Gasteiger partial charge in [0, 0.05) is 42.7 Å². The summed E-state index contributed by atoms with van der Waals surface area (Å²) in [5.41, 5.74) is 3.86. The van der Waals surface area contributed by atoms with Crippen molar-refractivity contribution in [3.05, 3.63) is 46.8 Å². The maximum Gasteiger partial charge on any atom is 0.272 e. The molecule has 1 aromatic heterocycles. The average molecular weight is 354 g/mol. The second kappa shape index (κ2) is 7.11. The predicted molar refractivity (Wildman–Crippen MR) is 99.5 cm³/mol. The molecule has 1 aliphatic heterocycles. The van der Waals surface area contributed by atoms with Crippen LogP contribution >= 0.6 is 0 Å². The molecule has 2 heterocycles. The van der Waals surface area contributed by atoms with Crippen molar-refractivity contribution in [1.82, 2.24) is 20.8 Å². The Morgan fingerprint density at radius 2 is 2.19 bits per heavy atom. The van der Waals surface area contributed by atoms with Crippen LogP contribution in [0.2, 0.25) is 0 Å². The Balaban J connectivity index is 1.52.